The van der Waals surface area contributed by atoms with Gasteiger partial charge in [0, 0.05) is 23.3 Å². The highest BCUT2D eigenvalue weighted by Crippen LogP contribution is 2.22. The molecule has 1 aliphatic rings. The summed E-state index contributed by atoms with van der Waals surface area (Å²) in [4.78, 5) is 4.23. The van der Waals surface area contributed by atoms with Gasteiger partial charge in [-0.2, -0.15) is 0 Å². The number of pyridine rings is 1. The van der Waals surface area contributed by atoms with Crippen LogP contribution in [0.1, 0.15) is 19.3 Å². The molecule has 0 aliphatic carbocycles. The second-order valence-electron chi connectivity index (χ2n) is 3.99. The van der Waals surface area contributed by atoms with Crippen LogP contribution in [0.25, 0.3) is 0 Å². The van der Waals surface area contributed by atoms with Crippen molar-refractivity contribution < 1.29 is 0 Å². The zero-order valence-electron chi connectivity index (χ0n) is 8.97. The molecule has 2 heterocycles. The summed E-state index contributed by atoms with van der Waals surface area (Å²) in [7, 11) is 0. The minimum atomic E-state index is 0.654. The van der Waals surface area contributed by atoms with E-state index < -0.39 is 0 Å². The molecule has 2 rings (SSSR count). The minimum Gasteiger partial charge on any atom is -0.369 e. The quantitative estimate of drug-likeness (QED) is 0.898. The van der Waals surface area contributed by atoms with Crippen molar-refractivity contribution in [3.05, 3.63) is 21.8 Å². The number of nitrogens with zero attached hydrogens (tertiary/aromatic N) is 1. The van der Waals surface area contributed by atoms with Crippen LogP contribution in [0.2, 0.25) is 5.02 Å². The van der Waals surface area contributed by atoms with Crippen molar-refractivity contribution >= 4 is 33.3 Å². The Labute approximate surface area is 109 Å². The monoisotopic (exact) mass is 303 g/mol. The van der Waals surface area contributed by atoms with Crippen LogP contribution in [-0.2, 0) is 0 Å². The normalized spacial score (nSPS) is 20.0. The van der Waals surface area contributed by atoms with Gasteiger partial charge in [-0.05, 0) is 47.8 Å². The lowest BCUT2D eigenvalue weighted by Gasteiger charge is -2.11. The van der Waals surface area contributed by atoms with Crippen LogP contribution < -0.4 is 10.6 Å². The third-order valence-corrected chi connectivity index (χ3v) is 3.48. The maximum Gasteiger partial charge on any atom is 0.144 e. The molecule has 1 aromatic heterocycles. The van der Waals surface area contributed by atoms with Crippen LogP contribution >= 0.6 is 27.5 Å². The van der Waals surface area contributed by atoms with Crippen LogP contribution in [0.3, 0.4) is 0 Å². The van der Waals surface area contributed by atoms with E-state index in [4.69, 9.17) is 11.6 Å². The topological polar surface area (TPSA) is 37.0 Å². The van der Waals surface area contributed by atoms with Crippen LogP contribution in [0.5, 0.6) is 0 Å². The number of hydrogen-bond donors (Lipinski definition) is 2. The molecule has 88 valence electrons. The third-order valence-electron chi connectivity index (χ3n) is 2.76. The van der Waals surface area contributed by atoms with E-state index in [1.54, 1.807) is 6.20 Å². The van der Waals surface area contributed by atoms with E-state index in [-0.39, 0.29) is 0 Å². The fourth-order valence-electron chi connectivity index (χ4n) is 1.91. The molecular formula is C11H15BrClN3. The van der Waals surface area contributed by atoms with E-state index >= 15 is 0 Å². The summed E-state index contributed by atoms with van der Waals surface area (Å²) in [6.45, 7) is 2.06. The molecule has 0 radical (unpaired) electrons. The summed E-state index contributed by atoms with van der Waals surface area (Å²) in [5, 5.41) is 7.39. The Morgan fingerprint density at radius 3 is 3.19 bits per heavy atom. The van der Waals surface area contributed by atoms with Crippen molar-refractivity contribution in [2.75, 3.05) is 18.4 Å². The number of anilines is 1. The number of aromatic nitrogens is 1. The maximum atomic E-state index is 6.05. The van der Waals surface area contributed by atoms with E-state index in [1.165, 1.54) is 12.8 Å². The maximum absolute atomic E-state index is 6.05. The van der Waals surface area contributed by atoms with Crippen molar-refractivity contribution in [2.24, 2.45) is 0 Å². The standard InChI is InChI=1S/C11H15BrClN3/c12-8-6-10(13)11(16-7-8)15-5-3-9-2-1-4-14-9/h6-7,9,14H,1-5H2,(H,15,16)/t9-/m1/s1. The fourth-order valence-corrected chi connectivity index (χ4v) is 2.61. The zero-order chi connectivity index (χ0) is 11.4. The van der Waals surface area contributed by atoms with Gasteiger partial charge in [0.05, 0.1) is 5.02 Å². The smallest absolute Gasteiger partial charge is 0.144 e. The summed E-state index contributed by atoms with van der Waals surface area (Å²) in [5.41, 5.74) is 0. The first-order valence-corrected chi connectivity index (χ1v) is 6.71. The van der Waals surface area contributed by atoms with Crippen LogP contribution in [0.15, 0.2) is 16.7 Å². The predicted octanol–water partition coefficient (Wildman–Crippen LogP) is 3.05. The van der Waals surface area contributed by atoms with Gasteiger partial charge in [0.1, 0.15) is 5.82 Å². The summed E-state index contributed by atoms with van der Waals surface area (Å²) in [6, 6.07) is 2.51. The predicted molar refractivity (Wildman–Crippen MR) is 71.1 cm³/mol. The van der Waals surface area contributed by atoms with Crippen LogP contribution in [0.4, 0.5) is 5.82 Å². The van der Waals surface area contributed by atoms with E-state index in [0.717, 1.165) is 29.8 Å². The van der Waals surface area contributed by atoms with Gasteiger partial charge in [-0.15, -0.1) is 0 Å². The molecule has 1 aromatic rings. The van der Waals surface area contributed by atoms with E-state index in [9.17, 15) is 0 Å². The van der Waals surface area contributed by atoms with Gasteiger partial charge >= 0.3 is 0 Å². The Morgan fingerprint density at radius 2 is 2.50 bits per heavy atom. The van der Waals surface area contributed by atoms with Crippen molar-refractivity contribution in [2.45, 2.75) is 25.3 Å². The molecule has 0 bridgehead atoms. The first-order valence-electron chi connectivity index (χ1n) is 5.54. The van der Waals surface area contributed by atoms with Gasteiger partial charge < -0.3 is 10.6 Å². The van der Waals surface area contributed by atoms with Crippen molar-refractivity contribution in [3.63, 3.8) is 0 Å². The first-order chi connectivity index (χ1) is 7.75. The Bertz CT molecular complexity index is 353. The van der Waals surface area contributed by atoms with Gasteiger partial charge in [-0.3, -0.25) is 0 Å². The minimum absolute atomic E-state index is 0.654. The highest BCUT2D eigenvalue weighted by atomic mass is 79.9. The number of halogens is 2. The zero-order valence-corrected chi connectivity index (χ0v) is 11.3. The van der Waals surface area contributed by atoms with E-state index in [0.29, 0.717) is 11.1 Å². The molecule has 16 heavy (non-hydrogen) atoms. The van der Waals surface area contributed by atoms with Gasteiger partial charge in [-0.1, -0.05) is 11.6 Å². The average Bonchev–Trinajstić information content (AvgIpc) is 2.74. The average molecular weight is 305 g/mol. The van der Waals surface area contributed by atoms with Crippen molar-refractivity contribution in [1.82, 2.24) is 10.3 Å². The Balaban J connectivity index is 1.80. The molecule has 0 spiro atoms. The Hall–Kier alpha value is -0.320. The molecule has 1 saturated heterocycles. The molecule has 5 heteroatoms. The highest BCUT2D eigenvalue weighted by Gasteiger charge is 2.13. The lowest BCUT2D eigenvalue weighted by molar-refractivity contribution is 0.574. The fraction of sp³-hybridized carbons (Fsp3) is 0.545. The number of rotatable bonds is 4. The summed E-state index contributed by atoms with van der Waals surface area (Å²) >= 11 is 9.39. The van der Waals surface area contributed by atoms with Gasteiger partial charge in [0.25, 0.3) is 0 Å². The summed E-state index contributed by atoms with van der Waals surface area (Å²) < 4.78 is 0.903. The third kappa shape index (κ3) is 3.34. The molecule has 0 aromatic carbocycles. The number of nitrogens with one attached hydrogen (secondary N) is 2. The van der Waals surface area contributed by atoms with Crippen molar-refractivity contribution in [3.8, 4) is 0 Å². The molecule has 2 N–H and O–H groups in total. The van der Waals surface area contributed by atoms with Crippen molar-refractivity contribution in [1.29, 1.82) is 0 Å². The molecule has 1 aliphatic heterocycles. The van der Waals surface area contributed by atoms with Gasteiger partial charge in [0.15, 0.2) is 0 Å². The van der Waals surface area contributed by atoms with Gasteiger partial charge in [-0.25, -0.2) is 4.98 Å². The lowest BCUT2D eigenvalue weighted by Crippen LogP contribution is -2.24. The molecular weight excluding hydrogens is 289 g/mol. The lowest BCUT2D eigenvalue weighted by atomic mass is 10.1. The number of hydrogen-bond acceptors (Lipinski definition) is 3. The summed E-state index contributed by atoms with van der Waals surface area (Å²) in [5.74, 6) is 0.767. The SMILES string of the molecule is Clc1cc(Br)cnc1NCC[C@H]1CCCN1. The highest BCUT2D eigenvalue weighted by molar-refractivity contribution is 9.10. The summed E-state index contributed by atoms with van der Waals surface area (Å²) in [6.07, 6.45) is 5.45. The molecule has 0 saturated carbocycles. The van der Waals surface area contributed by atoms with E-state index in [2.05, 4.69) is 31.5 Å². The Morgan fingerprint density at radius 1 is 1.62 bits per heavy atom. The molecule has 0 amide bonds. The molecule has 0 unspecified atom stereocenters. The second-order valence-corrected chi connectivity index (χ2v) is 5.32. The van der Waals surface area contributed by atoms with Crippen LogP contribution in [0, 0.1) is 0 Å². The van der Waals surface area contributed by atoms with Crippen LogP contribution in [-0.4, -0.2) is 24.1 Å². The van der Waals surface area contributed by atoms with E-state index in [1.807, 2.05) is 6.07 Å². The molecule has 1 fully saturated rings. The molecule has 1 atom stereocenters. The first kappa shape index (κ1) is 12.1. The largest absolute Gasteiger partial charge is 0.369 e. The Kier molecular flexibility index (Phi) is 4.44. The second kappa shape index (κ2) is 5.84. The molecule has 3 nitrogen and oxygen atoms in total. The van der Waals surface area contributed by atoms with Gasteiger partial charge in [0.2, 0.25) is 0 Å².